The lowest BCUT2D eigenvalue weighted by atomic mass is 10.1. The summed E-state index contributed by atoms with van der Waals surface area (Å²) in [6.45, 7) is 7.75. The monoisotopic (exact) mass is 284 g/mol. The molecule has 0 aromatic heterocycles. The molecule has 1 rings (SSSR count). The number of ether oxygens (including phenoxy) is 1. The molecule has 19 heavy (non-hydrogen) atoms. The highest BCUT2D eigenvalue weighted by Crippen LogP contribution is 2.26. The molecule has 1 aromatic rings. The Morgan fingerprint density at radius 2 is 2.11 bits per heavy atom. The summed E-state index contributed by atoms with van der Waals surface area (Å²) in [5.74, 6) is 0.636. The quantitative estimate of drug-likeness (QED) is 0.794. The first kappa shape index (κ1) is 16.3. The van der Waals surface area contributed by atoms with Gasteiger partial charge >= 0.3 is 0 Å². The molecule has 4 heteroatoms. The van der Waals surface area contributed by atoms with Crippen molar-refractivity contribution in [2.45, 2.75) is 20.4 Å². The van der Waals surface area contributed by atoms with Crippen LogP contribution in [0.5, 0.6) is 0 Å². The average Bonchev–Trinajstić information content (AvgIpc) is 2.37. The summed E-state index contributed by atoms with van der Waals surface area (Å²) >= 11 is 6.32. The Kier molecular flexibility index (Phi) is 7.21. The van der Waals surface area contributed by atoms with Gasteiger partial charge in [0.15, 0.2) is 0 Å². The van der Waals surface area contributed by atoms with Crippen molar-refractivity contribution in [2.75, 3.05) is 38.8 Å². The minimum Gasteiger partial charge on any atom is -0.383 e. The molecule has 0 radical (unpaired) electrons. The number of rotatable bonds is 8. The third-order valence-corrected chi connectivity index (χ3v) is 3.34. The Morgan fingerprint density at radius 3 is 2.74 bits per heavy atom. The molecule has 0 atom stereocenters. The van der Waals surface area contributed by atoms with Crippen LogP contribution >= 0.6 is 11.6 Å². The molecule has 108 valence electrons. The van der Waals surface area contributed by atoms with Gasteiger partial charge in [0, 0.05) is 43.5 Å². The molecular formula is C15H25ClN2O. The Labute approximate surface area is 121 Å². The number of halogens is 1. The summed E-state index contributed by atoms with van der Waals surface area (Å²) in [6.07, 6.45) is 0. The van der Waals surface area contributed by atoms with E-state index in [1.54, 1.807) is 7.11 Å². The van der Waals surface area contributed by atoms with Crippen LogP contribution < -0.4 is 10.2 Å². The van der Waals surface area contributed by atoms with Crippen molar-refractivity contribution in [1.29, 1.82) is 0 Å². The molecule has 0 saturated carbocycles. The molecule has 0 bridgehead atoms. The minimum absolute atomic E-state index is 0.636. The number of nitrogens with one attached hydrogen (secondary N) is 1. The molecule has 0 amide bonds. The lowest BCUT2D eigenvalue weighted by molar-refractivity contribution is 0.206. The second kappa shape index (κ2) is 8.41. The largest absolute Gasteiger partial charge is 0.383 e. The first-order valence-electron chi connectivity index (χ1n) is 6.74. The van der Waals surface area contributed by atoms with Gasteiger partial charge in [-0.3, -0.25) is 0 Å². The van der Waals surface area contributed by atoms with Gasteiger partial charge in [0.05, 0.1) is 6.61 Å². The fourth-order valence-corrected chi connectivity index (χ4v) is 2.15. The maximum absolute atomic E-state index is 6.32. The fraction of sp³-hybridized carbons (Fsp3) is 0.600. The van der Waals surface area contributed by atoms with Gasteiger partial charge in [-0.1, -0.05) is 31.5 Å². The Hall–Kier alpha value is -0.770. The van der Waals surface area contributed by atoms with E-state index in [1.165, 1.54) is 5.69 Å². The molecule has 0 aliphatic rings. The highest BCUT2D eigenvalue weighted by atomic mass is 35.5. The molecule has 0 aliphatic heterocycles. The average molecular weight is 285 g/mol. The predicted molar refractivity (Wildman–Crippen MR) is 83.1 cm³/mol. The fourth-order valence-electron chi connectivity index (χ4n) is 1.91. The lowest BCUT2D eigenvalue weighted by Crippen LogP contribution is -2.25. The Bertz CT molecular complexity index is 382. The zero-order valence-electron chi connectivity index (χ0n) is 12.4. The first-order chi connectivity index (χ1) is 9.06. The van der Waals surface area contributed by atoms with E-state index >= 15 is 0 Å². The summed E-state index contributed by atoms with van der Waals surface area (Å²) < 4.78 is 5.13. The van der Waals surface area contributed by atoms with Crippen LogP contribution in [0.4, 0.5) is 5.69 Å². The SMILES string of the molecule is COCCN(C)c1cccc(Cl)c1CNCC(C)C. The van der Waals surface area contributed by atoms with Crippen LogP contribution in [0.2, 0.25) is 5.02 Å². The number of anilines is 1. The van der Waals surface area contributed by atoms with Crippen LogP contribution in [0.3, 0.4) is 0 Å². The van der Waals surface area contributed by atoms with Gasteiger partial charge in [-0.25, -0.2) is 0 Å². The maximum Gasteiger partial charge on any atom is 0.0637 e. The van der Waals surface area contributed by atoms with Gasteiger partial charge in [-0.2, -0.15) is 0 Å². The van der Waals surface area contributed by atoms with Gasteiger partial charge in [0.25, 0.3) is 0 Å². The third kappa shape index (κ3) is 5.39. The number of nitrogens with zero attached hydrogens (tertiary/aromatic N) is 1. The number of methoxy groups -OCH3 is 1. The molecular weight excluding hydrogens is 260 g/mol. The summed E-state index contributed by atoms with van der Waals surface area (Å²) in [7, 11) is 3.79. The molecule has 0 fully saturated rings. The van der Waals surface area contributed by atoms with Crippen LogP contribution in [0.1, 0.15) is 19.4 Å². The number of hydrogen-bond acceptors (Lipinski definition) is 3. The zero-order chi connectivity index (χ0) is 14.3. The van der Waals surface area contributed by atoms with Crippen molar-refractivity contribution in [1.82, 2.24) is 5.32 Å². The maximum atomic E-state index is 6.32. The van der Waals surface area contributed by atoms with Crippen LogP contribution in [0.15, 0.2) is 18.2 Å². The van der Waals surface area contributed by atoms with Gasteiger partial charge in [-0.05, 0) is 24.6 Å². The van der Waals surface area contributed by atoms with Crippen molar-refractivity contribution in [3.8, 4) is 0 Å². The topological polar surface area (TPSA) is 24.5 Å². The third-order valence-electron chi connectivity index (χ3n) is 2.99. The van der Waals surface area contributed by atoms with Gasteiger partial charge in [0.1, 0.15) is 0 Å². The molecule has 0 spiro atoms. The number of hydrogen-bond donors (Lipinski definition) is 1. The molecule has 3 nitrogen and oxygen atoms in total. The van der Waals surface area contributed by atoms with E-state index in [2.05, 4.69) is 37.2 Å². The number of likely N-dealkylation sites (N-methyl/N-ethyl adjacent to an activating group) is 1. The molecule has 1 N–H and O–H groups in total. The van der Waals surface area contributed by atoms with Gasteiger partial charge in [-0.15, -0.1) is 0 Å². The minimum atomic E-state index is 0.636. The van der Waals surface area contributed by atoms with Crippen molar-refractivity contribution in [3.05, 3.63) is 28.8 Å². The molecule has 0 unspecified atom stereocenters. The summed E-state index contributed by atoms with van der Waals surface area (Å²) in [4.78, 5) is 2.18. The van der Waals surface area contributed by atoms with Crippen LogP contribution in [-0.2, 0) is 11.3 Å². The van der Waals surface area contributed by atoms with Gasteiger partial charge < -0.3 is 15.0 Å². The van der Waals surface area contributed by atoms with E-state index in [-0.39, 0.29) is 0 Å². The van der Waals surface area contributed by atoms with Crippen molar-refractivity contribution in [2.24, 2.45) is 5.92 Å². The van der Waals surface area contributed by atoms with E-state index < -0.39 is 0 Å². The summed E-state index contributed by atoms with van der Waals surface area (Å²) in [5, 5.41) is 4.27. The van der Waals surface area contributed by atoms with E-state index in [0.29, 0.717) is 12.5 Å². The second-order valence-electron chi connectivity index (χ2n) is 5.18. The molecule has 0 saturated heterocycles. The van der Waals surface area contributed by atoms with Crippen molar-refractivity contribution in [3.63, 3.8) is 0 Å². The van der Waals surface area contributed by atoms with Crippen LogP contribution in [0.25, 0.3) is 0 Å². The number of benzene rings is 1. The van der Waals surface area contributed by atoms with E-state index in [4.69, 9.17) is 16.3 Å². The van der Waals surface area contributed by atoms with E-state index in [1.807, 2.05) is 12.1 Å². The van der Waals surface area contributed by atoms with Gasteiger partial charge in [0.2, 0.25) is 0 Å². The Morgan fingerprint density at radius 1 is 1.37 bits per heavy atom. The standard InChI is InChI=1S/C15H25ClN2O/c1-12(2)10-17-11-13-14(16)6-5-7-15(13)18(3)8-9-19-4/h5-7,12,17H,8-11H2,1-4H3. The van der Waals surface area contributed by atoms with E-state index in [0.717, 1.165) is 30.2 Å². The highest BCUT2D eigenvalue weighted by molar-refractivity contribution is 6.31. The van der Waals surface area contributed by atoms with Crippen LogP contribution in [-0.4, -0.2) is 33.9 Å². The molecule has 0 aliphatic carbocycles. The zero-order valence-corrected chi connectivity index (χ0v) is 13.1. The normalized spacial score (nSPS) is 11.1. The Balaban J connectivity index is 2.76. The summed E-state index contributed by atoms with van der Waals surface area (Å²) in [5.41, 5.74) is 2.32. The van der Waals surface area contributed by atoms with Crippen LogP contribution in [0, 0.1) is 5.92 Å². The lowest BCUT2D eigenvalue weighted by Gasteiger charge is -2.23. The smallest absolute Gasteiger partial charge is 0.0637 e. The first-order valence-corrected chi connectivity index (χ1v) is 7.12. The molecule has 1 aromatic carbocycles. The highest BCUT2D eigenvalue weighted by Gasteiger charge is 2.10. The van der Waals surface area contributed by atoms with Crippen molar-refractivity contribution < 1.29 is 4.74 Å². The summed E-state index contributed by atoms with van der Waals surface area (Å²) in [6, 6.07) is 6.04. The second-order valence-corrected chi connectivity index (χ2v) is 5.58. The molecule has 0 heterocycles. The van der Waals surface area contributed by atoms with E-state index in [9.17, 15) is 0 Å². The predicted octanol–water partition coefficient (Wildman–Crippen LogP) is 3.17. The van der Waals surface area contributed by atoms with Crippen molar-refractivity contribution >= 4 is 17.3 Å².